The Morgan fingerprint density at radius 2 is 1.85 bits per heavy atom. The third-order valence-corrected chi connectivity index (χ3v) is 7.21. The zero-order valence-corrected chi connectivity index (χ0v) is 19.5. The van der Waals surface area contributed by atoms with Gasteiger partial charge in [-0.1, -0.05) is 11.8 Å². The molecule has 11 heteroatoms. The van der Waals surface area contributed by atoms with Gasteiger partial charge in [-0.15, -0.1) is 0 Å². The molecule has 8 nitrogen and oxygen atoms in total. The molecule has 34 heavy (non-hydrogen) atoms. The van der Waals surface area contributed by atoms with E-state index in [0.29, 0.717) is 18.0 Å². The Morgan fingerprint density at radius 3 is 2.50 bits per heavy atom. The van der Waals surface area contributed by atoms with Crippen LogP contribution in [-0.4, -0.2) is 31.7 Å². The lowest BCUT2D eigenvalue weighted by molar-refractivity contribution is -0.113. The highest BCUT2D eigenvalue weighted by Gasteiger charge is 2.30. The summed E-state index contributed by atoms with van der Waals surface area (Å²) in [6.45, 7) is 2.40. The monoisotopic (exact) mass is 502 g/mol. The van der Waals surface area contributed by atoms with Crippen LogP contribution in [0.15, 0.2) is 90.8 Å². The van der Waals surface area contributed by atoms with Crippen molar-refractivity contribution < 1.29 is 31.2 Å². The van der Waals surface area contributed by atoms with Crippen LogP contribution in [0.1, 0.15) is 6.92 Å². The number of ether oxygens (including phenoxy) is 1. The highest BCUT2D eigenvalue weighted by atomic mass is 32.2. The van der Waals surface area contributed by atoms with E-state index in [4.69, 9.17) is 13.6 Å². The average Bonchev–Trinajstić information content (AvgIpc) is 3.50. The van der Waals surface area contributed by atoms with Crippen molar-refractivity contribution in [2.45, 2.75) is 21.9 Å². The molecule has 1 N–H and O–H groups in total. The van der Waals surface area contributed by atoms with Crippen LogP contribution in [0, 0.1) is 5.82 Å². The number of nitrogens with zero attached hydrogens (tertiary/aromatic N) is 1. The lowest BCUT2D eigenvalue weighted by Crippen LogP contribution is -2.14. The second-order valence-corrected chi connectivity index (χ2v) is 9.65. The number of carbonyl (C=O) groups is 1. The van der Waals surface area contributed by atoms with Crippen molar-refractivity contribution in [1.29, 1.82) is 0 Å². The molecule has 0 saturated heterocycles. The minimum absolute atomic E-state index is 0.0555. The van der Waals surface area contributed by atoms with Gasteiger partial charge in [0.15, 0.2) is 5.76 Å². The quantitative estimate of drug-likeness (QED) is 0.250. The van der Waals surface area contributed by atoms with E-state index >= 15 is 0 Å². The molecule has 0 aliphatic rings. The normalized spacial score (nSPS) is 11.4. The third kappa shape index (κ3) is 5.32. The van der Waals surface area contributed by atoms with E-state index in [0.717, 1.165) is 36.0 Å². The summed E-state index contributed by atoms with van der Waals surface area (Å²) in [5.74, 6) is -0.253. The number of anilines is 1. The standard InChI is InChI=1S/C23H19FN2O6S2/c1-2-30-17-9-7-16(8-10-17)25-20(27)14-33-23-22(26-21(32-23)19-4-3-13-31-19)34(28,29)18-11-5-15(24)6-12-18/h3-13H,2,14H2,1H3,(H,25,27). The summed E-state index contributed by atoms with van der Waals surface area (Å²) in [7, 11) is -4.15. The van der Waals surface area contributed by atoms with Crippen molar-refractivity contribution in [3.05, 3.63) is 72.7 Å². The minimum Gasteiger partial charge on any atom is -0.494 e. The molecule has 0 atom stereocenters. The Labute approximate surface area is 199 Å². The molecule has 0 saturated carbocycles. The fraction of sp³-hybridized carbons (Fsp3) is 0.130. The smallest absolute Gasteiger partial charge is 0.265 e. The van der Waals surface area contributed by atoms with Crippen LogP contribution in [-0.2, 0) is 14.6 Å². The number of hydrogen-bond acceptors (Lipinski definition) is 8. The Hall–Kier alpha value is -3.57. The number of thioether (sulfide) groups is 1. The van der Waals surface area contributed by atoms with Gasteiger partial charge in [-0.25, -0.2) is 12.8 Å². The lowest BCUT2D eigenvalue weighted by atomic mass is 10.3. The predicted molar refractivity (Wildman–Crippen MR) is 123 cm³/mol. The Balaban J connectivity index is 1.55. The van der Waals surface area contributed by atoms with Gasteiger partial charge in [-0.2, -0.15) is 4.98 Å². The third-order valence-electron chi connectivity index (χ3n) is 4.46. The molecule has 176 valence electrons. The predicted octanol–water partition coefficient (Wildman–Crippen LogP) is 5.04. The summed E-state index contributed by atoms with van der Waals surface area (Å²) >= 11 is 0.868. The summed E-state index contributed by atoms with van der Waals surface area (Å²) < 4.78 is 55.9. The van der Waals surface area contributed by atoms with Gasteiger partial charge < -0.3 is 18.9 Å². The van der Waals surface area contributed by atoms with Crippen LogP contribution >= 0.6 is 11.8 Å². The number of amides is 1. The molecule has 0 unspecified atom stereocenters. The molecule has 4 rings (SSSR count). The molecule has 0 spiro atoms. The van der Waals surface area contributed by atoms with Crippen molar-refractivity contribution >= 4 is 33.2 Å². The topological polar surface area (TPSA) is 112 Å². The molecule has 2 aromatic heterocycles. The zero-order chi connectivity index (χ0) is 24.1. The van der Waals surface area contributed by atoms with Gasteiger partial charge >= 0.3 is 0 Å². The largest absolute Gasteiger partial charge is 0.494 e. The first-order valence-corrected chi connectivity index (χ1v) is 12.5. The summed E-state index contributed by atoms with van der Waals surface area (Å²) in [5, 5.41) is 2.25. The van der Waals surface area contributed by atoms with E-state index in [1.807, 2.05) is 6.92 Å². The summed E-state index contributed by atoms with van der Waals surface area (Å²) in [4.78, 5) is 16.4. The first kappa shape index (κ1) is 23.6. The minimum atomic E-state index is -4.15. The molecule has 2 aromatic carbocycles. The van der Waals surface area contributed by atoms with Gasteiger partial charge in [0.25, 0.3) is 5.89 Å². The van der Waals surface area contributed by atoms with E-state index in [1.54, 1.807) is 36.4 Å². The second kappa shape index (κ2) is 10.1. The molecule has 0 fully saturated rings. The van der Waals surface area contributed by atoms with E-state index < -0.39 is 15.7 Å². The van der Waals surface area contributed by atoms with Gasteiger partial charge in [0, 0.05) is 5.69 Å². The van der Waals surface area contributed by atoms with E-state index in [2.05, 4.69) is 10.3 Å². The molecule has 0 bridgehead atoms. The van der Waals surface area contributed by atoms with Crippen molar-refractivity contribution in [1.82, 2.24) is 4.98 Å². The maximum Gasteiger partial charge on any atom is 0.265 e. The summed E-state index contributed by atoms with van der Waals surface area (Å²) in [6, 6.07) is 14.4. The Kier molecular flexibility index (Phi) is 7.03. The number of rotatable bonds is 9. The first-order chi connectivity index (χ1) is 16.4. The maximum absolute atomic E-state index is 13.3. The van der Waals surface area contributed by atoms with Crippen LogP contribution in [0.2, 0.25) is 0 Å². The van der Waals surface area contributed by atoms with Crippen molar-refractivity contribution in [3.8, 4) is 17.4 Å². The van der Waals surface area contributed by atoms with E-state index in [9.17, 15) is 17.6 Å². The van der Waals surface area contributed by atoms with Gasteiger partial charge in [-0.05, 0) is 67.6 Å². The highest BCUT2D eigenvalue weighted by molar-refractivity contribution is 8.00. The number of sulfone groups is 1. The van der Waals surface area contributed by atoms with E-state index in [-0.39, 0.29) is 38.3 Å². The van der Waals surface area contributed by atoms with Gasteiger partial charge in [-0.3, -0.25) is 4.79 Å². The number of carbonyl (C=O) groups excluding carboxylic acids is 1. The molecular formula is C23H19FN2O6S2. The molecular weight excluding hydrogens is 483 g/mol. The number of hydrogen-bond donors (Lipinski definition) is 1. The van der Waals surface area contributed by atoms with Crippen molar-refractivity contribution in [3.63, 3.8) is 0 Å². The number of aromatic nitrogens is 1. The SMILES string of the molecule is CCOc1ccc(NC(=O)CSc2oc(-c3ccco3)nc2S(=O)(=O)c2ccc(F)cc2)cc1. The van der Waals surface area contributed by atoms with Crippen molar-refractivity contribution in [2.75, 3.05) is 17.7 Å². The van der Waals surface area contributed by atoms with Crippen LogP contribution in [0.5, 0.6) is 5.75 Å². The maximum atomic E-state index is 13.3. The van der Waals surface area contributed by atoms with Gasteiger partial charge in [0.05, 0.1) is 23.5 Å². The number of oxazole rings is 1. The summed E-state index contributed by atoms with van der Waals surface area (Å²) in [6.07, 6.45) is 1.39. The van der Waals surface area contributed by atoms with Crippen LogP contribution in [0.3, 0.4) is 0 Å². The molecule has 0 radical (unpaired) electrons. The first-order valence-electron chi connectivity index (χ1n) is 10.1. The van der Waals surface area contributed by atoms with Gasteiger partial charge in [0.1, 0.15) is 11.6 Å². The summed E-state index contributed by atoms with van der Waals surface area (Å²) in [5.41, 5.74) is 0.557. The highest BCUT2D eigenvalue weighted by Crippen LogP contribution is 2.35. The molecule has 1 amide bonds. The molecule has 4 aromatic rings. The van der Waals surface area contributed by atoms with E-state index in [1.165, 1.54) is 6.26 Å². The second-order valence-electron chi connectivity index (χ2n) is 6.84. The number of furan rings is 1. The zero-order valence-electron chi connectivity index (χ0n) is 17.9. The Bertz CT molecular complexity index is 1370. The van der Waals surface area contributed by atoms with Crippen molar-refractivity contribution in [2.24, 2.45) is 0 Å². The molecule has 2 heterocycles. The van der Waals surface area contributed by atoms with Crippen LogP contribution in [0.25, 0.3) is 11.7 Å². The fourth-order valence-corrected chi connectivity index (χ4v) is 5.24. The van der Waals surface area contributed by atoms with Crippen LogP contribution in [0.4, 0.5) is 10.1 Å². The average molecular weight is 503 g/mol. The number of benzene rings is 2. The fourth-order valence-electron chi connectivity index (χ4n) is 2.91. The van der Waals surface area contributed by atoms with Gasteiger partial charge in [0.2, 0.25) is 25.9 Å². The molecule has 0 aliphatic carbocycles. The number of nitrogens with one attached hydrogen (secondary N) is 1. The lowest BCUT2D eigenvalue weighted by Gasteiger charge is -2.07. The molecule has 0 aliphatic heterocycles. The Morgan fingerprint density at radius 1 is 1.12 bits per heavy atom. The van der Waals surface area contributed by atoms with Crippen LogP contribution < -0.4 is 10.1 Å². The number of halogens is 1.